The summed E-state index contributed by atoms with van der Waals surface area (Å²) < 4.78 is 5.93. The van der Waals surface area contributed by atoms with E-state index in [-0.39, 0.29) is 6.61 Å². The van der Waals surface area contributed by atoms with Gasteiger partial charge in [-0.3, -0.25) is 10.1 Å². The molecule has 0 spiro atoms. The van der Waals surface area contributed by atoms with Crippen LogP contribution >= 0.6 is 23.6 Å². The summed E-state index contributed by atoms with van der Waals surface area (Å²) in [5.41, 5.74) is 0.104. The maximum atomic E-state index is 11.6. The number of carbonyl (C=O) groups excluding carboxylic acids is 1. The summed E-state index contributed by atoms with van der Waals surface area (Å²) in [5, 5.41) is 20.8. The van der Waals surface area contributed by atoms with Crippen LogP contribution in [0.5, 0.6) is 5.75 Å². The Bertz CT molecular complexity index is 929. The van der Waals surface area contributed by atoms with Crippen LogP contribution in [0.25, 0.3) is 12.2 Å². The first-order valence-corrected chi connectivity index (χ1v) is 7.70. The molecule has 0 atom stereocenters. The minimum Gasteiger partial charge on any atom is -0.502 e. The molecule has 0 bridgehead atoms. The van der Waals surface area contributed by atoms with Crippen LogP contribution in [0.4, 0.5) is 5.69 Å². The maximum absolute atomic E-state index is 11.6. The van der Waals surface area contributed by atoms with Crippen molar-refractivity contribution >= 4 is 47.4 Å². The van der Waals surface area contributed by atoms with Gasteiger partial charge < -0.3 is 14.8 Å². The van der Waals surface area contributed by atoms with Gasteiger partial charge in [-0.05, 0) is 36.8 Å². The normalized spacial score (nSPS) is 12.4. The zero-order valence-electron chi connectivity index (χ0n) is 11.9. The van der Waals surface area contributed by atoms with Crippen molar-refractivity contribution in [3.05, 3.63) is 47.7 Å². The number of ether oxygens (including phenoxy) is 1. The number of phenolic OH excluding ortho intramolecular Hbond substituents is 1. The number of rotatable bonds is 4. The summed E-state index contributed by atoms with van der Waals surface area (Å²) in [6.45, 7) is 1.95. The van der Waals surface area contributed by atoms with E-state index in [4.69, 9.17) is 17.0 Å². The average Bonchev–Trinajstić information content (AvgIpc) is 2.80. The van der Waals surface area contributed by atoms with Crippen LogP contribution in [0, 0.1) is 14.1 Å². The van der Waals surface area contributed by atoms with Crippen molar-refractivity contribution in [2.45, 2.75) is 6.92 Å². The van der Waals surface area contributed by atoms with E-state index in [1.54, 1.807) is 13.0 Å². The molecule has 1 aromatic heterocycles. The van der Waals surface area contributed by atoms with Crippen LogP contribution in [-0.2, 0) is 9.53 Å². The van der Waals surface area contributed by atoms with Gasteiger partial charge >= 0.3 is 11.7 Å². The Morgan fingerprint density at radius 2 is 2.30 bits per heavy atom. The van der Waals surface area contributed by atoms with Gasteiger partial charge in [0.2, 0.25) is 0 Å². The molecule has 0 unspecified atom stereocenters. The topological polar surface area (TPSA) is 105 Å². The number of thiazole rings is 1. The van der Waals surface area contributed by atoms with Crippen LogP contribution in [-0.4, -0.2) is 27.6 Å². The Morgan fingerprint density at radius 1 is 1.57 bits per heavy atom. The second-order valence-corrected chi connectivity index (χ2v) is 6.06. The molecular weight excluding hydrogens is 340 g/mol. The highest BCUT2D eigenvalue weighted by molar-refractivity contribution is 7.73. The number of nitro groups is 1. The predicted octanol–water partition coefficient (Wildman–Crippen LogP) is 1.59. The Kier molecular flexibility index (Phi) is 5.24. The number of hydrogen-bond acceptors (Lipinski definition) is 7. The molecule has 2 rings (SSSR count). The zero-order chi connectivity index (χ0) is 17.0. The number of nitrogens with one attached hydrogen (secondary N) is 1. The Morgan fingerprint density at radius 3 is 2.96 bits per heavy atom. The highest BCUT2D eigenvalue weighted by Crippen LogP contribution is 2.26. The molecule has 0 saturated heterocycles. The highest BCUT2D eigenvalue weighted by atomic mass is 32.1. The Balaban J connectivity index is 2.57. The van der Waals surface area contributed by atoms with Gasteiger partial charge in [0.05, 0.1) is 21.4 Å². The van der Waals surface area contributed by atoms with Gasteiger partial charge in [-0.25, -0.2) is 4.79 Å². The molecule has 0 aliphatic heterocycles. The minimum absolute atomic E-state index is 0.253. The molecule has 120 valence electrons. The number of phenols is 1. The van der Waals surface area contributed by atoms with Crippen molar-refractivity contribution in [1.29, 1.82) is 0 Å². The van der Waals surface area contributed by atoms with Crippen molar-refractivity contribution < 1.29 is 19.6 Å². The van der Waals surface area contributed by atoms with Crippen LogP contribution in [0.3, 0.4) is 0 Å². The van der Waals surface area contributed by atoms with Gasteiger partial charge in [-0.2, -0.15) is 0 Å². The van der Waals surface area contributed by atoms with Crippen molar-refractivity contribution in [2.75, 3.05) is 6.61 Å². The van der Waals surface area contributed by atoms with Crippen LogP contribution in [0.15, 0.2) is 18.2 Å². The first kappa shape index (κ1) is 16.8. The molecule has 23 heavy (non-hydrogen) atoms. The third-order valence-electron chi connectivity index (χ3n) is 2.75. The number of benzene rings is 1. The first-order valence-electron chi connectivity index (χ1n) is 6.47. The minimum atomic E-state index is -0.669. The number of hydrogen-bond donors (Lipinski definition) is 2. The van der Waals surface area contributed by atoms with Crippen LogP contribution < -0.4 is 9.88 Å². The summed E-state index contributed by atoms with van der Waals surface area (Å²) in [7, 11) is 0. The molecule has 0 aliphatic rings. The number of H-pyrrole nitrogens is 1. The number of nitro benzene ring substituents is 1. The fourth-order valence-corrected chi connectivity index (χ4v) is 2.95. The molecule has 2 N–H and O–H groups in total. The quantitative estimate of drug-likeness (QED) is 0.375. The third kappa shape index (κ3) is 4.24. The summed E-state index contributed by atoms with van der Waals surface area (Å²) in [6.07, 6.45) is 2.91. The fourth-order valence-electron chi connectivity index (χ4n) is 1.80. The summed E-state index contributed by atoms with van der Waals surface area (Å²) in [4.78, 5) is 24.6. The van der Waals surface area contributed by atoms with Gasteiger partial charge in [0.1, 0.15) is 0 Å². The average molecular weight is 352 g/mol. The molecule has 1 heterocycles. The summed E-state index contributed by atoms with van der Waals surface area (Å²) in [6, 6.07) is 4.01. The number of aromatic amines is 1. The molecule has 0 fully saturated rings. The van der Waals surface area contributed by atoms with E-state index >= 15 is 0 Å². The second-order valence-electron chi connectivity index (χ2n) is 4.34. The van der Waals surface area contributed by atoms with Gasteiger partial charge in [0, 0.05) is 12.1 Å². The lowest BCUT2D eigenvalue weighted by molar-refractivity contribution is -0.385. The van der Waals surface area contributed by atoms with Crippen molar-refractivity contribution in [2.24, 2.45) is 0 Å². The molecule has 0 aliphatic carbocycles. The van der Waals surface area contributed by atoms with Gasteiger partial charge in [0.25, 0.3) is 0 Å². The molecule has 7 nitrogen and oxygen atoms in total. The van der Waals surface area contributed by atoms with E-state index in [9.17, 15) is 20.0 Å². The van der Waals surface area contributed by atoms with Gasteiger partial charge in [-0.1, -0.05) is 6.07 Å². The maximum Gasteiger partial charge on any atom is 0.332 e. The molecule has 2 aromatic rings. The standard InChI is InChI=1S/C14H12N2O5S2/c1-2-21-13(18)7-9-12(23-14(22)15-9)6-8-3-4-11(17)10(5-8)16(19)20/h3-7,17H,2H2,1H3,(H,15,22)/b9-7-,12-6-. The molecule has 9 heteroatoms. The van der Waals surface area contributed by atoms with Gasteiger partial charge in [0.15, 0.2) is 9.70 Å². The van der Waals surface area contributed by atoms with E-state index in [1.165, 1.54) is 35.6 Å². The van der Waals surface area contributed by atoms with Crippen LogP contribution in [0.1, 0.15) is 12.5 Å². The molecule has 0 radical (unpaired) electrons. The monoisotopic (exact) mass is 352 g/mol. The predicted molar refractivity (Wildman–Crippen MR) is 88.2 cm³/mol. The Hall–Kier alpha value is -2.52. The molecule has 0 saturated carbocycles. The summed E-state index contributed by atoms with van der Waals surface area (Å²) in [5.74, 6) is -0.921. The zero-order valence-corrected chi connectivity index (χ0v) is 13.6. The van der Waals surface area contributed by atoms with E-state index in [0.29, 0.717) is 19.4 Å². The summed E-state index contributed by atoms with van der Waals surface area (Å²) >= 11 is 6.28. The third-order valence-corrected chi connectivity index (χ3v) is 3.94. The number of carbonyl (C=O) groups is 1. The van der Waals surface area contributed by atoms with E-state index in [2.05, 4.69) is 4.98 Å². The van der Waals surface area contributed by atoms with E-state index < -0.39 is 22.3 Å². The first-order chi connectivity index (χ1) is 10.9. The highest BCUT2D eigenvalue weighted by Gasteiger charge is 2.12. The number of aromatic nitrogens is 1. The SMILES string of the molecule is CCOC(=O)/C=c1\[nH]c(=S)s\c1=C/c1ccc(O)c([N+](=O)[O-])c1. The van der Waals surface area contributed by atoms with Gasteiger partial charge in [-0.15, -0.1) is 11.3 Å². The van der Waals surface area contributed by atoms with Crippen LogP contribution in [0.2, 0.25) is 0 Å². The lowest BCUT2D eigenvalue weighted by atomic mass is 10.2. The number of esters is 1. The lowest BCUT2D eigenvalue weighted by Crippen LogP contribution is -2.23. The molecular formula is C14H12N2O5S2. The van der Waals surface area contributed by atoms with E-state index in [0.717, 1.165) is 0 Å². The largest absolute Gasteiger partial charge is 0.502 e. The van der Waals surface area contributed by atoms with Crippen molar-refractivity contribution in [3.8, 4) is 5.75 Å². The second kappa shape index (κ2) is 7.16. The smallest absolute Gasteiger partial charge is 0.332 e. The van der Waals surface area contributed by atoms with E-state index in [1.807, 2.05) is 0 Å². The number of aromatic hydroxyl groups is 1. The number of nitrogens with zero attached hydrogens (tertiary/aromatic N) is 1. The fraction of sp³-hybridized carbons (Fsp3) is 0.143. The molecule has 1 aromatic carbocycles. The van der Waals surface area contributed by atoms with Crippen molar-refractivity contribution in [1.82, 2.24) is 4.98 Å². The van der Waals surface area contributed by atoms with Crippen molar-refractivity contribution in [3.63, 3.8) is 0 Å². The lowest BCUT2D eigenvalue weighted by Gasteiger charge is -1.97. The molecule has 0 amide bonds. The Labute approximate surface area is 139 Å².